The Bertz CT molecular complexity index is 689. The van der Waals surface area contributed by atoms with Crippen molar-refractivity contribution in [1.82, 2.24) is 5.32 Å². The summed E-state index contributed by atoms with van der Waals surface area (Å²) in [6.45, 7) is 2.95. The average molecular weight is 399 g/mol. The summed E-state index contributed by atoms with van der Waals surface area (Å²) in [4.78, 5) is 2.03. The van der Waals surface area contributed by atoms with Gasteiger partial charge < -0.3 is 20.0 Å². The monoisotopic (exact) mass is 398 g/mol. The lowest BCUT2D eigenvalue weighted by Gasteiger charge is -2.23. The first kappa shape index (κ1) is 19.1. The predicted molar refractivity (Wildman–Crippen MR) is 104 cm³/mol. The second-order valence-corrected chi connectivity index (χ2v) is 7.64. The van der Waals surface area contributed by atoms with E-state index in [0.29, 0.717) is 28.3 Å². The summed E-state index contributed by atoms with van der Waals surface area (Å²) in [6, 6.07) is 10.9. The normalized spacial score (nSPS) is 16.0. The van der Waals surface area contributed by atoms with Gasteiger partial charge in [0.2, 0.25) is 0 Å². The van der Waals surface area contributed by atoms with E-state index in [1.165, 1.54) is 17.7 Å². The quantitative estimate of drug-likeness (QED) is 0.493. The highest BCUT2D eigenvalue weighted by atomic mass is 32.2. The Morgan fingerprint density at radius 1 is 1.19 bits per heavy atom. The molecular formula is C18H22F2N3OS2+. The molecular weight excluding hydrogens is 376 g/mol. The minimum Gasteiger partial charge on any atom is -0.463 e. The molecule has 0 radical (unpaired) electrons. The molecule has 0 amide bonds. The Morgan fingerprint density at radius 2 is 1.92 bits per heavy atom. The molecule has 8 heteroatoms. The van der Waals surface area contributed by atoms with Crippen LogP contribution in [0.3, 0.4) is 0 Å². The van der Waals surface area contributed by atoms with E-state index >= 15 is 0 Å². The molecule has 4 nitrogen and oxygen atoms in total. The van der Waals surface area contributed by atoms with Crippen LogP contribution in [-0.4, -0.2) is 30.5 Å². The Kier molecular flexibility index (Phi) is 6.87. The van der Waals surface area contributed by atoms with Crippen LogP contribution in [0, 0.1) is 0 Å². The molecule has 3 rings (SSSR count). The van der Waals surface area contributed by atoms with Gasteiger partial charge in [-0.1, -0.05) is 11.8 Å². The molecule has 2 heterocycles. The van der Waals surface area contributed by atoms with Gasteiger partial charge in [0.15, 0.2) is 16.9 Å². The maximum atomic E-state index is 12.4. The molecule has 0 saturated carbocycles. The molecule has 140 valence electrons. The molecule has 1 atom stereocenters. The SMILES string of the molecule is FC(F)Sc1ccc(NC(=S)NC[C@H](c2ccco2)[NH+]2CCCC2)cc1. The van der Waals surface area contributed by atoms with E-state index in [1.807, 2.05) is 12.1 Å². The van der Waals surface area contributed by atoms with Crippen molar-refractivity contribution < 1.29 is 18.1 Å². The molecule has 3 N–H and O–H groups in total. The number of quaternary nitrogens is 1. The number of benzene rings is 1. The number of likely N-dealkylation sites (tertiary alicyclic amines) is 1. The molecule has 0 spiro atoms. The fourth-order valence-corrected chi connectivity index (χ4v) is 3.90. The van der Waals surface area contributed by atoms with Crippen molar-refractivity contribution >= 4 is 34.8 Å². The predicted octanol–water partition coefficient (Wildman–Crippen LogP) is 3.30. The highest BCUT2D eigenvalue weighted by Crippen LogP contribution is 2.26. The summed E-state index contributed by atoms with van der Waals surface area (Å²) >= 11 is 5.90. The molecule has 26 heavy (non-hydrogen) atoms. The van der Waals surface area contributed by atoms with Crippen molar-refractivity contribution in [2.75, 3.05) is 25.0 Å². The Balaban J connectivity index is 1.53. The van der Waals surface area contributed by atoms with Crippen LogP contribution in [0.5, 0.6) is 0 Å². The Hall–Kier alpha value is -1.64. The number of furan rings is 1. The summed E-state index contributed by atoms with van der Waals surface area (Å²) in [5.74, 6) is -1.45. The van der Waals surface area contributed by atoms with Crippen LogP contribution < -0.4 is 15.5 Å². The number of thioether (sulfide) groups is 1. The summed E-state index contributed by atoms with van der Waals surface area (Å²) < 4.78 is 30.3. The van der Waals surface area contributed by atoms with E-state index in [0.717, 1.165) is 24.5 Å². The van der Waals surface area contributed by atoms with Gasteiger partial charge in [-0.05, 0) is 48.6 Å². The molecule has 1 aliphatic heterocycles. The van der Waals surface area contributed by atoms with Gasteiger partial charge in [0, 0.05) is 23.4 Å². The molecule has 0 bridgehead atoms. The zero-order chi connectivity index (χ0) is 18.4. The second kappa shape index (κ2) is 9.34. The third-order valence-electron chi connectivity index (χ3n) is 4.43. The van der Waals surface area contributed by atoms with Gasteiger partial charge in [0.25, 0.3) is 5.76 Å². The first-order valence-corrected chi connectivity index (χ1v) is 9.88. The maximum Gasteiger partial charge on any atom is 0.288 e. The van der Waals surface area contributed by atoms with E-state index in [4.69, 9.17) is 16.6 Å². The lowest BCUT2D eigenvalue weighted by atomic mass is 10.2. The lowest BCUT2D eigenvalue weighted by Crippen LogP contribution is -3.11. The first-order valence-electron chi connectivity index (χ1n) is 8.59. The van der Waals surface area contributed by atoms with Gasteiger partial charge in [-0.15, -0.1) is 0 Å². The Morgan fingerprint density at radius 3 is 2.54 bits per heavy atom. The molecule has 1 saturated heterocycles. The minimum atomic E-state index is -2.41. The van der Waals surface area contributed by atoms with Crippen molar-refractivity contribution in [2.45, 2.75) is 29.5 Å². The van der Waals surface area contributed by atoms with Crippen LogP contribution in [0.4, 0.5) is 14.5 Å². The molecule has 1 aromatic heterocycles. The number of anilines is 1. The largest absolute Gasteiger partial charge is 0.463 e. The number of nitrogens with one attached hydrogen (secondary N) is 3. The van der Waals surface area contributed by atoms with Crippen LogP contribution in [0.2, 0.25) is 0 Å². The third kappa shape index (κ3) is 5.43. The second-order valence-electron chi connectivity index (χ2n) is 6.17. The van der Waals surface area contributed by atoms with Gasteiger partial charge >= 0.3 is 0 Å². The molecule has 1 aliphatic rings. The van der Waals surface area contributed by atoms with Crippen molar-refractivity contribution in [3.8, 4) is 0 Å². The first-order chi connectivity index (χ1) is 12.6. The van der Waals surface area contributed by atoms with Gasteiger partial charge in [-0.25, -0.2) is 0 Å². The van der Waals surface area contributed by atoms with Crippen LogP contribution in [0.1, 0.15) is 24.6 Å². The number of hydrogen-bond acceptors (Lipinski definition) is 3. The topological polar surface area (TPSA) is 41.6 Å². The van der Waals surface area contributed by atoms with E-state index in [9.17, 15) is 8.78 Å². The molecule has 1 fully saturated rings. The number of thiocarbonyl (C=S) groups is 1. The standard InChI is InChI=1S/C18H21F2N3OS2/c19-17(20)26-14-7-5-13(6-8-14)22-18(25)21-12-15(16-4-3-11-24-16)23-9-1-2-10-23/h3-8,11,15,17H,1-2,9-10,12H2,(H2,21,22,25)/p+1/t15-/m1/s1. The van der Waals surface area contributed by atoms with Crippen molar-refractivity contribution in [2.24, 2.45) is 0 Å². The zero-order valence-corrected chi connectivity index (χ0v) is 15.8. The molecule has 2 aromatic rings. The van der Waals surface area contributed by atoms with Crippen molar-refractivity contribution in [3.05, 3.63) is 48.4 Å². The molecule has 0 unspecified atom stereocenters. The number of hydrogen-bond donors (Lipinski definition) is 3. The smallest absolute Gasteiger partial charge is 0.288 e. The minimum absolute atomic E-state index is 0.220. The van der Waals surface area contributed by atoms with Gasteiger partial charge in [0.1, 0.15) is 0 Å². The summed E-state index contributed by atoms with van der Waals surface area (Å²) in [7, 11) is 0. The highest BCUT2D eigenvalue weighted by molar-refractivity contribution is 7.99. The van der Waals surface area contributed by atoms with Crippen molar-refractivity contribution in [1.29, 1.82) is 0 Å². The van der Waals surface area contributed by atoms with Crippen LogP contribution >= 0.6 is 24.0 Å². The fourth-order valence-electron chi connectivity index (χ4n) is 3.20. The van der Waals surface area contributed by atoms with Gasteiger partial charge in [-0.3, -0.25) is 0 Å². The average Bonchev–Trinajstić information content (AvgIpc) is 3.30. The third-order valence-corrected chi connectivity index (χ3v) is 5.40. The molecule has 1 aromatic carbocycles. The number of rotatable bonds is 7. The van der Waals surface area contributed by atoms with Crippen LogP contribution in [-0.2, 0) is 0 Å². The maximum absolute atomic E-state index is 12.4. The van der Waals surface area contributed by atoms with E-state index in [-0.39, 0.29) is 6.04 Å². The number of halogens is 2. The number of alkyl halides is 2. The summed E-state index contributed by atoms with van der Waals surface area (Å²) in [5.41, 5.74) is 0.768. The summed E-state index contributed by atoms with van der Waals surface area (Å²) in [5, 5.41) is 6.86. The fraction of sp³-hybridized carbons (Fsp3) is 0.389. The van der Waals surface area contributed by atoms with E-state index in [1.54, 1.807) is 30.5 Å². The van der Waals surface area contributed by atoms with Gasteiger partial charge in [-0.2, -0.15) is 8.78 Å². The van der Waals surface area contributed by atoms with E-state index < -0.39 is 5.76 Å². The van der Waals surface area contributed by atoms with Crippen molar-refractivity contribution in [3.63, 3.8) is 0 Å². The van der Waals surface area contributed by atoms with E-state index in [2.05, 4.69) is 10.6 Å². The van der Waals surface area contributed by atoms with Crippen LogP contribution in [0.25, 0.3) is 0 Å². The van der Waals surface area contributed by atoms with Crippen LogP contribution in [0.15, 0.2) is 52.0 Å². The molecule has 0 aliphatic carbocycles. The lowest BCUT2D eigenvalue weighted by molar-refractivity contribution is -0.919. The van der Waals surface area contributed by atoms with Gasteiger partial charge in [0.05, 0.1) is 25.9 Å². The summed E-state index contributed by atoms with van der Waals surface area (Å²) in [6.07, 6.45) is 4.17. The Labute approximate surface area is 161 Å². The zero-order valence-electron chi connectivity index (χ0n) is 14.2. The highest BCUT2D eigenvalue weighted by Gasteiger charge is 2.29.